The summed E-state index contributed by atoms with van der Waals surface area (Å²) in [6, 6.07) is 5.27. The highest BCUT2D eigenvalue weighted by Gasteiger charge is 2.19. The van der Waals surface area contributed by atoms with E-state index in [9.17, 15) is 22.4 Å². The van der Waals surface area contributed by atoms with Crippen molar-refractivity contribution >= 4 is 36.4 Å². The molecule has 0 spiro atoms. The van der Waals surface area contributed by atoms with Gasteiger partial charge in [0.2, 0.25) is 5.91 Å². The van der Waals surface area contributed by atoms with Crippen LogP contribution in [0.25, 0.3) is 0 Å². The predicted octanol–water partition coefficient (Wildman–Crippen LogP) is 3.28. The molecule has 0 aliphatic heterocycles. The smallest absolute Gasteiger partial charge is 0.253 e. The van der Waals surface area contributed by atoms with Gasteiger partial charge in [-0.05, 0) is 43.7 Å². The maximum atomic E-state index is 13.5. The van der Waals surface area contributed by atoms with Crippen molar-refractivity contribution in [1.29, 1.82) is 0 Å². The Morgan fingerprint density at radius 3 is 2.10 bits per heavy atom. The molecule has 0 bridgehead atoms. The van der Waals surface area contributed by atoms with Gasteiger partial charge in [-0.3, -0.25) is 4.79 Å². The van der Waals surface area contributed by atoms with Crippen LogP contribution < -0.4 is 16.8 Å². The average Bonchev–Trinajstić information content (AvgIpc) is 2.67. The fourth-order valence-corrected chi connectivity index (χ4v) is 2.24. The summed E-state index contributed by atoms with van der Waals surface area (Å²) in [6.07, 6.45) is 2.02. The summed E-state index contributed by atoms with van der Waals surface area (Å²) in [6.45, 7) is 0.531. The first-order chi connectivity index (χ1) is 13.3. The van der Waals surface area contributed by atoms with Crippen molar-refractivity contribution in [3.05, 3.63) is 58.9 Å². The van der Waals surface area contributed by atoms with Crippen LogP contribution in [0.4, 0.5) is 23.2 Å². The molecule has 0 fully saturated rings. The Balaban J connectivity index is 0.00000420. The van der Waals surface area contributed by atoms with Gasteiger partial charge in [-0.1, -0.05) is 18.3 Å². The van der Waals surface area contributed by atoms with Crippen LogP contribution in [0.2, 0.25) is 0 Å². The van der Waals surface area contributed by atoms with Crippen molar-refractivity contribution in [2.45, 2.75) is 25.3 Å². The molecule has 5 N–H and O–H groups in total. The molecular formula is C19H20Cl2F4N4O. The van der Waals surface area contributed by atoms with Crippen molar-refractivity contribution in [1.82, 2.24) is 4.98 Å². The normalized spacial score (nSPS) is 10.7. The number of hydrogen-bond donors (Lipinski definition) is 3. The third-order valence-corrected chi connectivity index (χ3v) is 3.79. The van der Waals surface area contributed by atoms with E-state index in [0.29, 0.717) is 24.2 Å². The first kappa shape index (κ1) is 27.6. The summed E-state index contributed by atoms with van der Waals surface area (Å²) in [5, 5.41) is 2.63. The molecule has 0 radical (unpaired) electrons. The van der Waals surface area contributed by atoms with Gasteiger partial charge in [-0.15, -0.1) is 24.8 Å². The van der Waals surface area contributed by atoms with E-state index in [0.717, 1.165) is 12.8 Å². The maximum absolute atomic E-state index is 13.5. The molecule has 2 rings (SSSR count). The van der Waals surface area contributed by atoms with Crippen LogP contribution in [0.1, 0.15) is 30.4 Å². The molecule has 1 aromatic carbocycles. The molecule has 1 atom stereocenters. The van der Waals surface area contributed by atoms with E-state index in [2.05, 4.69) is 16.2 Å². The number of nitrogens with zero attached hydrogens (tertiary/aromatic N) is 1. The number of pyridine rings is 1. The topological polar surface area (TPSA) is 94.0 Å². The van der Waals surface area contributed by atoms with E-state index in [1.165, 1.54) is 24.3 Å². The van der Waals surface area contributed by atoms with Gasteiger partial charge in [0, 0.05) is 11.3 Å². The van der Waals surface area contributed by atoms with E-state index in [-0.39, 0.29) is 30.7 Å². The van der Waals surface area contributed by atoms with Crippen LogP contribution in [-0.2, 0) is 4.79 Å². The number of amides is 1. The molecule has 1 amide bonds. The van der Waals surface area contributed by atoms with E-state index < -0.39 is 35.1 Å². The molecule has 0 saturated carbocycles. The molecule has 30 heavy (non-hydrogen) atoms. The van der Waals surface area contributed by atoms with Gasteiger partial charge < -0.3 is 16.8 Å². The minimum Gasteiger partial charge on any atom is -0.330 e. The molecule has 5 nitrogen and oxygen atoms in total. The highest BCUT2D eigenvalue weighted by atomic mass is 35.5. The van der Waals surface area contributed by atoms with Crippen molar-refractivity contribution in [2.24, 2.45) is 11.5 Å². The number of rotatable bonds is 6. The number of nitrogens with two attached hydrogens (primary N) is 2. The summed E-state index contributed by atoms with van der Waals surface area (Å²) in [4.78, 5) is 14.4. The molecular weight excluding hydrogens is 447 g/mol. The fourth-order valence-electron chi connectivity index (χ4n) is 2.24. The quantitative estimate of drug-likeness (QED) is 0.263. The Kier molecular flexibility index (Phi) is 12.0. The molecule has 1 unspecified atom stereocenters. The molecule has 1 heterocycles. The molecule has 164 valence electrons. The fraction of sp³-hybridized carbons (Fsp3) is 0.263. The van der Waals surface area contributed by atoms with Gasteiger partial charge >= 0.3 is 0 Å². The number of carbonyl (C=O) groups excluding carboxylic acids is 1. The number of unbranched alkanes of at least 4 members (excludes halogenated alkanes) is 1. The summed E-state index contributed by atoms with van der Waals surface area (Å²) in [7, 11) is 0. The second kappa shape index (κ2) is 13.0. The largest absolute Gasteiger partial charge is 0.330 e. The lowest BCUT2D eigenvalue weighted by Gasteiger charge is -2.12. The lowest BCUT2D eigenvalue weighted by Crippen LogP contribution is -2.35. The Labute approximate surface area is 183 Å². The van der Waals surface area contributed by atoms with Gasteiger partial charge in [0.25, 0.3) is 11.9 Å². The summed E-state index contributed by atoms with van der Waals surface area (Å²) in [5.41, 5.74) is 10.9. The van der Waals surface area contributed by atoms with E-state index in [1.54, 1.807) is 0 Å². The summed E-state index contributed by atoms with van der Waals surface area (Å²) < 4.78 is 53.2. The van der Waals surface area contributed by atoms with Gasteiger partial charge in [-0.25, -0.2) is 8.78 Å². The number of aromatic nitrogens is 1. The molecule has 0 saturated heterocycles. The second-order valence-electron chi connectivity index (χ2n) is 5.90. The number of halogens is 6. The van der Waals surface area contributed by atoms with Crippen LogP contribution in [0.15, 0.2) is 24.3 Å². The minimum atomic E-state index is -1.77. The predicted molar refractivity (Wildman–Crippen MR) is 110 cm³/mol. The zero-order valence-corrected chi connectivity index (χ0v) is 17.2. The maximum Gasteiger partial charge on any atom is 0.253 e. The number of nitrogens with one attached hydrogen (secondary N) is 1. The van der Waals surface area contributed by atoms with Crippen LogP contribution in [-0.4, -0.2) is 23.5 Å². The van der Waals surface area contributed by atoms with E-state index in [1.807, 2.05) is 5.92 Å². The number of carbonyl (C=O) groups is 1. The summed E-state index contributed by atoms with van der Waals surface area (Å²) >= 11 is 0. The molecule has 0 aliphatic carbocycles. The second-order valence-corrected chi connectivity index (χ2v) is 5.90. The van der Waals surface area contributed by atoms with Gasteiger partial charge in [0.1, 0.15) is 5.56 Å². The molecule has 2 aromatic rings. The third-order valence-electron chi connectivity index (χ3n) is 3.79. The zero-order valence-electron chi connectivity index (χ0n) is 15.6. The lowest BCUT2D eigenvalue weighted by atomic mass is 10.1. The first-order valence-corrected chi connectivity index (χ1v) is 8.42. The van der Waals surface area contributed by atoms with Crippen molar-refractivity contribution in [3.63, 3.8) is 0 Å². The van der Waals surface area contributed by atoms with Crippen LogP contribution in [0, 0.1) is 35.4 Å². The highest BCUT2D eigenvalue weighted by molar-refractivity contribution is 5.94. The average molecular weight is 467 g/mol. The molecule has 0 aliphatic rings. The van der Waals surface area contributed by atoms with E-state index >= 15 is 0 Å². The third kappa shape index (κ3) is 7.46. The Bertz CT molecular complexity index is 891. The Morgan fingerprint density at radius 1 is 1.00 bits per heavy atom. The number of benzene rings is 1. The van der Waals surface area contributed by atoms with Gasteiger partial charge in [0.05, 0.1) is 6.04 Å². The monoisotopic (exact) mass is 466 g/mol. The zero-order chi connectivity index (χ0) is 20.7. The highest BCUT2D eigenvalue weighted by Crippen LogP contribution is 2.16. The van der Waals surface area contributed by atoms with E-state index in [4.69, 9.17) is 11.5 Å². The standard InChI is InChI=1S/C19H18F4N4O.2ClH/c20-15-13(16(21)18(23)27-17(15)22)9-6-11-4-7-12(8-5-11)26-19(28)14(25)3-1-2-10-24;;/h4-5,7-8,14H,1-3,10,24-25H2,(H,26,28);2*1H. The SMILES string of the molecule is Cl.Cl.NCCCCC(N)C(=O)Nc1ccc(C#Cc2c(F)c(F)nc(F)c2F)cc1. The summed E-state index contributed by atoms with van der Waals surface area (Å²) in [5.74, 6) is -2.80. The molecule has 1 aromatic heterocycles. The number of anilines is 1. The minimum absolute atomic E-state index is 0. The number of hydrogen-bond acceptors (Lipinski definition) is 4. The van der Waals surface area contributed by atoms with Crippen LogP contribution in [0.5, 0.6) is 0 Å². The Morgan fingerprint density at radius 2 is 1.57 bits per heavy atom. The van der Waals surface area contributed by atoms with Crippen LogP contribution in [0.3, 0.4) is 0 Å². The van der Waals surface area contributed by atoms with Crippen LogP contribution >= 0.6 is 24.8 Å². The Hall–Kier alpha value is -2.38. The van der Waals surface area contributed by atoms with Gasteiger partial charge in [0.15, 0.2) is 11.6 Å². The lowest BCUT2D eigenvalue weighted by molar-refractivity contribution is -0.117. The molecule has 11 heteroatoms. The van der Waals surface area contributed by atoms with Gasteiger partial charge in [-0.2, -0.15) is 13.8 Å². The first-order valence-electron chi connectivity index (χ1n) is 8.42. The van der Waals surface area contributed by atoms with Crippen molar-refractivity contribution in [2.75, 3.05) is 11.9 Å². The van der Waals surface area contributed by atoms with Crippen molar-refractivity contribution < 1.29 is 22.4 Å². The van der Waals surface area contributed by atoms with Crippen molar-refractivity contribution in [3.8, 4) is 11.8 Å².